The number of aldehydes is 1. The van der Waals surface area contributed by atoms with Crippen LogP contribution in [0.25, 0.3) is 10.9 Å². The van der Waals surface area contributed by atoms with Crippen LogP contribution < -0.4 is 0 Å². The number of carbonyl (C=O) groups excluding carboxylic acids is 1. The Balaban J connectivity index is 2.83. The molecule has 15 heavy (non-hydrogen) atoms. The van der Waals surface area contributed by atoms with Crippen LogP contribution in [0.3, 0.4) is 0 Å². The molecule has 0 bridgehead atoms. The minimum Gasteiger partial charge on any atom is -0.331 e. The fourth-order valence-electron chi connectivity index (χ4n) is 1.72. The molecule has 1 heterocycles. The zero-order valence-electron chi connectivity index (χ0n) is 8.11. The topological polar surface area (TPSA) is 22.0 Å². The molecule has 0 unspecified atom stereocenters. The van der Waals surface area contributed by atoms with E-state index in [1.807, 2.05) is 34.9 Å². The predicted molar refractivity (Wildman–Crippen MR) is 65.2 cm³/mol. The van der Waals surface area contributed by atoms with E-state index >= 15 is 0 Å². The third-order valence-corrected chi connectivity index (χ3v) is 3.23. The second-order valence-corrected chi connectivity index (χ2v) is 3.99. The van der Waals surface area contributed by atoms with Gasteiger partial charge in [0, 0.05) is 17.4 Å². The molecule has 0 spiro atoms. The summed E-state index contributed by atoms with van der Waals surface area (Å²) in [5.74, 6) is 0. The van der Waals surface area contributed by atoms with Crippen molar-refractivity contribution < 1.29 is 4.79 Å². The zero-order chi connectivity index (χ0) is 10.8. The molecular formula is C12H10BrNO. The van der Waals surface area contributed by atoms with E-state index in [9.17, 15) is 4.79 Å². The molecule has 3 heteroatoms. The van der Waals surface area contributed by atoms with Gasteiger partial charge in [-0.2, -0.15) is 0 Å². The Morgan fingerprint density at radius 1 is 1.40 bits per heavy atom. The van der Waals surface area contributed by atoms with Gasteiger partial charge in [0.05, 0.1) is 10.2 Å². The maximum atomic E-state index is 11.0. The Hall–Kier alpha value is -1.35. The molecule has 76 valence electrons. The minimum atomic E-state index is 0.689. The Labute approximate surface area is 96.3 Å². The molecule has 2 rings (SSSR count). The van der Waals surface area contributed by atoms with Crippen molar-refractivity contribution in [3.05, 3.63) is 47.1 Å². The highest BCUT2D eigenvalue weighted by Crippen LogP contribution is 2.28. The van der Waals surface area contributed by atoms with E-state index < -0.39 is 0 Å². The van der Waals surface area contributed by atoms with Gasteiger partial charge in [0.15, 0.2) is 6.29 Å². The van der Waals surface area contributed by atoms with E-state index in [0.717, 1.165) is 21.8 Å². The first-order valence-electron chi connectivity index (χ1n) is 4.62. The maximum absolute atomic E-state index is 11.0. The van der Waals surface area contributed by atoms with Crippen LogP contribution in [0.4, 0.5) is 0 Å². The van der Waals surface area contributed by atoms with Gasteiger partial charge in [-0.15, -0.1) is 6.58 Å². The molecule has 1 aromatic heterocycles. The standard InChI is InChI=1S/C12H10BrNO/c1-2-7-14-11-6-4-3-5-9(11)10(8-15)12(14)13/h2-6,8H,1,7H2. The normalized spacial score (nSPS) is 10.5. The highest BCUT2D eigenvalue weighted by molar-refractivity contribution is 9.10. The summed E-state index contributed by atoms with van der Waals surface area (Å²) in [6.07, 6.45) is 2.69. The molecule has 0 saturated heterocycles. The summed E-state index contributed by atoms with van der Waals surface area (Å²) in [7, 11) is 0. The fraction of sp³-hybridized carbons (Fsp3) is 0.0833. The van der Waals surface area contributed by atoms with Gasteiger partial charge in [0.25, 0.3) is 0 Å². The van der Waals surface area contributed by atoms with Crippen molar-refractivity contribution in [3.8, 4) is 0 Å². The van der Waals surface area contributed by atoms with Crippen molar-refractivity contribution in [2.24, 2.45) is 0 Å². The second-order valence-electron chi connectivity index (χ2n) is 3.24. The van der Waals surface area contributed by atoms with Crippen molar-refractivity contribution in [3.63, 3.8) is 0 Å². The van der Waals surface area contributed by atoms with Gasteiger partial charge in [-0.3, -0.25) is 4.79 Å². The lowest BCUT2D eigenvalue weighted by atomic mass is 10.2. The van der Waals surface area contributed by atoms with Crippen LogP contribution in [0.1, 0.15) is 10.4 Å². The summed E-state index contributed by atoms with van der Waals surface area (Å²) >= 11 is 3.44. The Kier molecular flexibility index (Phi) is 2.73. The monoisotopic (exact) mass is 263 g/mol. The van der Waals surface area contributed by atoms with Gasteiger partial charge in [-0.25, -0.2) is 0 Å². The van der Waals surface area contributed by atoms with Crippen molar-refractivity contribution in [2.45, 2.75) is 6.54 Å². The van der Waals surface area contributed by atoms with Crippen LogP contribution in [0.15, 0.2) is 41.5 Å². The van der Waals surface area contributed by atoms with E-state index in [0.29, 0.717) is 12.1 Å². The number of para-hydroxylation sites is 1. The first-order chi connectivity index (χ1) is 7.29. The van der Waals surface area contributed by atoms with Crippen LogP contribution in [0, 0.1) is 0 Å². The van der Waals surface area contributed by atoms with Gasteiger partial charge in [-0.1, -0.05) is 24.3 Å². The van der Waals surface area contributed by atoms with E-state index in [2.05, 4.69) is 22.5 Å². The molecule has 2 nitrogen and oxygen atoms in total. The number of hydrogen-bond acceptors (Lipinski definition) is 1. The SMILES string of the molecule is C=CCn1c(Br)c(C=O)c2ccccc21. The number of fused-ring (bicyclic) bond motifs is 1. The van der Waals surface area contributed by atoms with Gasteiger partial charge < -0.3 is 4.57 Å². The molecule has 0 radical (unpaired) electrons. The molecule has 0 atom stereocenters. The number of benzene rings is 1. The fourth-order valence-corrected chi connectivity index (χ4v) is 2.36. The van der Waals surface area contributed by atoms with E-state index in [-0.39, 0.29) is 0 Å². The molecule has 2 aromatic rings. The molecule has 0 fully saturated rings. The first-order valence-corrected chi connectivity index (χ1v) is 5.41. The van der Waals surface area contributed by atoms with Crippen LogP contribution in [-0.4, -0.2) is 10.9 Å². The third-order valence-electron chi connectivity index (χ3n) is 2.37. The van der Waals surface area contributed by atoms with Gasteiger partial charge in [0.2, 0.25) is 0 Å². The Bertz CT molecular complexity index is 528. The zero-order valence-corrected chi connectivity index (χ0v) is 9.70. The minimum absolute atomic E-state index is 0.689. The Morgan fingerprint density at radius 2 is 2.13 bits per heavy atom. The molecule has 0 aliphatic heterocycles. The highest BCUT2D eigenvalue weighted by Gasteiger charge is 2.12. The average molecular weight is 264 g/mol. The number of rotatable bonds is 3. The largest absolute Gasteiger partial charge is 0.331 e. The lowest BCUT2D eigenvalue weighted by Gasteiger charge is -2.02. The number of halogens is 1. The molecule has 0 saturated carbocycles. The summed E-state index contributed by atoms with van der Waals surface area (Å²) in [5.41, 5.74) is 1.75. The Morgan fingerprint density at radius 3 is 2.80 bits per heavy atom. The van der Waals surface area contributed by atoms with E-state index in [1.165, 1.54) is 0 Å². The third kappa shape index (κ3) is 1.53. The van der Waals surface area contributed by atoms with Crippen molar-refractivity contribution in [1.29, 1.82) is 0 Å². The lowest BCUT2D eigenvalue weighted by molar-refractivity contribution is 0.112. The van der Waals surface area contributed by atoms with Crippen LogP contribution in [0.5, 0.6) is 0 Å². The number of allylic oxidation sites excluding steroid dienone is 1. The predicted octanol–water partition coefficient (Wildman–Crippen LogP) is 3.40. The first kappa shape index (κ1) is 10.2. The highest BCUT2D eigenvalue weighted by atomic mass is 79.9. The smallest absolute Gasteiger partial charge is 0.153 e. The van der Waals surface area contributed by atoms with Crippen LogP contribution in [0.2, 0.25) is 0 Å². The summed E-state index contributed by atoms with van der Waals surface area (Å²) in [4.78, 5) is 11.0. The quantitative estimate of drug-likeness (QED) is 0.615. The molecular weight excluding hydrogens is 254 g/mol. The number of carbonyl (C=O) groups is 1. The maximum Gasteiger partial charge on any atom is 0.153 e. The summed E-state index contributed by atoms with van der Waals surface area (Å²) in [6, 6.07) is 7.84. The van der Waals surface area contributed by atoms with Crippen molar-refractivity contribution in [2.75, 3.05) is 0 Å². The summed E-state index contributed by atoms with van der Waals surface area (Å²) < 4.78 is 2.84. The number of hydrogen-bond donors (Lipinski definition) is 0. The van der Waals surface area contributed by atoms with Gasteiger partial charge >= 0.3 is 0 Å². The van der Waals surface area contributed by atoms with Gasteiger partial charge in [-0.05, 0) is 22.0 Å². The number of aromatic nitrogens is 1. The van der Waals surface area contributed by atoms with Crippen molar-refractivity contribution >= 4 is 33.1 Å². The second kappa shape index (κ2) is 4.03. The van der Waals surface area contributed by atoms with Crippen molar-refractivity contribution in [1.82, 2.24) is 4.57 Å². The molecule has 0 amide bonds. The van der Waals surface area contributed by atoms with E-state index in [1.54, 1.807) is 0 Å². The summed E-state index contributed by atoms with van der Waals surface area (Å²) in [5, 5.41) is 0.973. The van der Waals surface area contributed by atoms with Crippen LogP contribution in [-0.2, 0) is 6.54 Å². The summed E-state index contributed by atoms with van der Waals surface area (Å²) in [6.45, 7) is 4.40. The van der Waals surface area contributed by atoms with Crippen LogP contribution >= 0.6 is 15.9 Å². The van der Waals surface area contributed by atoms with Gasteiger partial charge in [0.1, 0.15) is 0 Å². The molecule has 0 N–H and O–H groups in total. The molecule has 0 aliphatic carbocycles. The number of nitrogens with zero attached hydrogens (tertiary/aromatic N) is 1. The molecule has 0 aliphatic rings. The average Bonchev–Trinajstić information content (AvgIpc) is 2.53. The van der Waals surface area contributed by atoms with E-state index in [4.69, 9.17) is 0 Å². The lowest BCUT2D eigenvalue weighted by Crippen LogP contribution is -1.94. The molecule has 1 aromatic carbocycles.